The zero-order valence-electron chi connectivity index (χ0n) is 8.69. The molecule has 0 fully saturated rings. The summed E-state index contributed by atoms with van der Waals surface area (Å²) in [7, 11) is 3.27. The number of hydrogen-bond acceptors (Lipinski definition) is 3. The van der Waals surface area contributed by atoms with Gasteiger partial charge in [0.05, 0.1) is 26.7 Å². The van der Waals surface area contributed by atoms with Crippen LogP contribution in [0.25, 0.3) is 11.1 Å². The maximum absolute atomic E-state index is 5.18. The number of hydrogen-bond donors (Lipinski definition) is 0. The quantitative estimate of drug-likeness (QED) is 0.770. The minimum absolute atomic E-state index is 0.769. The van der Waals surface area contributed by atoms with Gasteiger partial charge in [0, 0.05) is 11.6 Å². The van der Waals surface area contributed by atoms with Crippen LogP contribution in [0.3, 0.4) is 0 Å². The Labute approximate surface area is 88.2 Å². The molecule has 0 bridgehead atoms. The second-order valence-electron chi connectivity index (χ2n) is 3.11. The fourth-order valence-corrected chi connectivity index (χ4v) is 1.40. The van der Waals surface area contributed by atoms with Gasteiger partial charge >= 0.3 is 0 Å². The lowest BCUT2D eigenvalue weighted by Crippen LogP contribution is -1.88. The van der Waals surface area contributed by atoms with Gasteiger partial charge in [0.15, 0.2) is 0 Å². The molecular weight excluding hydrogens is 192 g/mol. The number of ether oxygens (including phenoxy) is 2. The first kappa shape index (κ1) is 9.65. The van der Waals surface area contributed by atoms with E-state index in [9.17, 15) is 0 Å². The van der Waals surface area contributed by atoms with E-state index in [1.807, 2.05) is 24.3 Å². The van der Waals surface area contributed by atoms with Gasteiger partial charge in [-0.1, -0.05) is 0 Å². The molecule has 0 atom stereocenters. The van der Waals surface area contributed by atoms with Crippen LogP contribution >= 0.6 is 0 Å². The Morgan fingerprint density at radius 3 is 2.07 bits per heavy atom. The van der Waals surface area contributed by atoms with Gasteiger partial charge in [0.2, 0.25) is 0 Å². The van der Waals surface area contributed by atoms with Crippen molar-refractivity contribution in [1.82, 2.24) is 0 Å². The van der Waals surface area contributed by atoms with Gasteiger partial charge in [-0.05, 0) is 23.8 Å². The predicted molar refractivity (Wildman–Crippen MR) is 57.2 cm³/mol. The fraction of sp³-hybridized carbons (Fsp3) is 0.167. The molecule has 0 saturated heterocycles. The molecule has 0 N–H and O–H groups in total. The van der Waals surface area contributed by atoms with Gasteiger partial charge < -0.3 is 13.9 Å². The fourth-order valence-electron chi connectivity index (χ4n) is 1.40. The van der Waals surface area contributed by atoms with Crippen molar-refractivity contribution in [2.45, 2.75) is 0 Å². The summed E-state index contributed by atoms with van der Waals surface area (Å²) in [5.74, 6) is 1.54. The molecule has 0 aliphatic heterocycles. The van der Waals surface area contributed by atoms with Crippen LogP contribution in [0, 0.1) is 0 Å². The number of rotatable bonds is 3. The topological polar surface area (TPSA) is 31.6 Å². The van der Waals surface area contributed by atoms with Crippen molar-refractivity contribution in [3.63, 3.8) is 0 Å². The van der Waals surface area contributed by atoms with E-state index < -0.39 is 0 Å². The molecule has 78 valence electrons. The molecule has 2 rings (SSSR count). The average Bonchev–Trinajstić information content (AvgIpc) is 2.81. The van der Waals surface area contributed by atoms with Gasteiger partial charge in [0.25, 0.3) is 0 Å². The third-order valence-electron chi connectivity index (χ3n) is 2.21. The van der Waals surface area contributed by atoms with E-state index in [1.54, 1.807) is 26.7 Å². The smallest absolute Gasteiger partial charge is 0.123 e. The number of methoxy groups -OCH3 is 2. The molecule has 0 aliphatic rings. The molecule has 1 heterocycles. The molecule has 3 nitrogen and oxygen atoms in total. The molecule has 0 unspecified atom stereocenters. The third kappa shape index (κ3) is 1.96. The summed E-state index contributed by atoms with van der Waals surface area (Å²) in [4.78, 5) is 0. The first-order valence-electron chi connectivity index (χ1n) is 4.59. The summed E-state index contributed by atoms with van der Waals surface area (Å²) in [6, 6.07) is 7.61. The Kier molecular flexibility index (Phi) is 2.63. The Bertz CT molecular complexity index is 410. The third-order valence-corrected chi connectivity index (χ3v) is 2.21. The summed E-state index contributed by atoms with van der Waals surface area (Å²) in [5.41, 5.74) is 2.02. The lowest BCUT2D eigenvalue weighted by atomic mass is 10.1. The van der Waals surface area contributed by atoms with Crippen molar-refractivity contribution in [3.05, 3.63) is 36.8 Å². The summed E-state index contributed by atoms with van der Waals surface area (Å²) >= 11 is 0. The van der Waals surface area contributed by atoms with E-state index in [1.165, 1.54) is 0 Å². The maximum atomic E-state index is 5.18. The molecule has 0 amide bonds. The van der Waals surface area contributed by atoms with E-state index >= 15 is 0 Å². The minimum Gasteiger partial charge on any atom is -0.497 e. The molecule has 0 saturated carbocycles. The van der Waals surface area contributed by atoms with Crippen LogP contribution in [0.1, 0.15) is 0 Å². The van der Waals surface area contributed by atoms with Gasteiger partial charge in [0.1, 0.15) is 11.5 Å². The molecule has 2 aromatic rings. The summed E-state index contributed by atoms with van der Waals surface area (Å²) in [6.07, 6.45) is 3.33. The van der Waals surface area contributed by atoms with Crippen LogP contribution in [0.4, 0.5) is 0 Å². The summed E-state index contributed by atoms with van der Waals surface area (Å²) in [5, 5.41) is 0. The van der Waals surface area contributed by atoms with Crippen molar-refractivity contribution in [1.29, 1.82) is 0 Å². The zero-order valence-corrected chi connectivity index (χ0v) is 8.69. The highest BCUT2D eigenvalue weighted by molar-refractivity contribution is 5.66. The van der Waals surface area contributed by atoms with Crippen molar-refractivity contribution in [3.8, 4) is 22.6 Å². The Morgan fingerprint density at radius 2 is 1.60 bits per heavy atom. The molecule has 1 aromatic carbocycles. The van der Waals surface area contributed by atoms with Crippen molar-refractivity contribution in [2.75, 3.05) is 14.2 Å². The molecule has 0 spiro atoms. The molecule has 15 heavy (non-hydrogen) atoms. The van der Waals surface area contributed by atoms with Crippen LogP contribution in [-0.2, 0) is 0 Å². The van der Waals surface area contributed by atoms with E-state index in [-0.39, 0.29) is 0 Å². The first-order chi connectivity index (χ1) is 7.33. The normalized spacial score (nSPS) is 10.0. The monoisotopic (exact) mass is 204 g/mol. The number of furan rings is 1. The van der Waals surface area contributed by atoms with Crippen LogP contribution < -0.4 is 9.47 Å². The van der Waals surface area contributed by atoms with Crippen molar-refractivity contribution >= 4 is 0 Å². The highest BCUT2D eigenvalue weighted by Gasteiger charge is 2.04. The van der Waals surface area contributed by atoms with Gasteiger partial charge in [-0.25, -0.2) is 0 Å². The maximum Gasteiger partial charge on any atom is 0.123 e. The predicted octanol–water partition coefficient (Wildman–Crippen LogP) is 2.96. The Hall–Kier alpha value is -1.90. The van der Waals surface area contributed by atoms with E-state index in [0.717, 1.165) is 22.6 Å². The van der Waals surface area contributed by atoms with Crippen LogP contribution in [-0.4, -0.2) is 14.2 Å². The highest BCUT2D eigenvalue weighted by Crippen LogP contribution is 2.29. The first-order valence-corrected chi connectivity index (χ1v) is 4.59. The molecule has 1 aromatic heterocycles. The van der Waals surface area contributed by atoms with Crippen LogP contribution in [0.2, 0.25) is 0 Å². The van der Waals surface area contributed by atoms with Gasteiger partial charge in [-0.15, -0.1) is 0 Å². The molecule has 0 radical (unpaired) electrons. The lowest BCUT2D eigenvalue weighted by Gasteiger charge is -2.06. The van der Waals surface area contributed by atoms with Crippen LogP contribution in [0.15, 0.2) is 41.2 Å². The second-order valence-corrected chi connectivity index (χ2v) is 3.11. The summed E-state index contributed by atoms with van der Waals surface area (Å²) < 4.78 is 15.4. The summed E-state index contributed by atoms with van der Waals surface area (Å²) in [6.45, 7) is 0. The van der Waals surface area contributed by atoms with E-state index in [4.69, 9.17) is 13.9 Å². The largest absolute Gasteiger partial charge is 0.497 e. The highest BCUT2D eigenvalue weighted by atomic mass is 16.5. The SMILES string of the molecule is COc1cc(OC)cc(-c2ccoc2)c1. The van der Waals surface area contributed by atoms with Crippen LogP contribution in [0.5, 0.6) is 11.5 Å². The van der Waals surface area contributed by atoms with E-state index in [0.29, 0.717) is 0 Å². The van der Waals surface area contributed by atoms with Gasteiger partial charge in [-0.3, -0.25) is 0 Å². The molecular formula is C12H12O3. The average molecular weight is 204 g/mol. The lowest BCUT2D eigenvalue weighted by molar-refractivity contribution is 0.394. The minimum atomic E-state index is 0.769. The molecule has 0 aliphatic carbocycles. The zero-order chi connectivity index (χ0) is 10.7. The Balaban J connectivity index is 2.47. The van der Waals surface area contributed by atoms with Gasteiger partial charge in [-0.2, -0.15) is 0 Å². The Morgan fingerprint density at radius 1 is 0.933 bits per heavy atom. The number of benzene rings is 1. The second kappa shape index (κ2) is 4.09. The van der Waals surface area contributed by atoms with E-state index in [2.05, 4.69) is 0 Å². The van der Waals surface area contributed by atoms with Crippen molar-refractivity contribution < 1.29 is 13.9 Å². The standard InChI is InChI=1S/C12H12O3/c1-13-11-5-10(6-12(7-11)14-2)9-3-4-15-8-9/h3-8H,1-2H3. The van der Waals surface area contributed by atoms with Crippen molar-refractivity contribution in [2.24, 2.45) is 0 Å². The molecule has 3 heteroatoms.